The van der Waals surface area contributed by atoms with E-state index >= 15 is 0 Å². The van der Waals surface area contributed by atoms with E-state index in [2.05, 4.69) is 12.1 Å². The van der Waals surface area contributed by atoms with Gasteiger partial charge in [0.25, 0.3) is 0 Å². The van der Waals surface area contributed by atoms with Crippen LogP contribution in [0.15, 0.2) is 53.3 Å². The van der Waals surface area contributed by atoms with Crippen LogP contribution in [0.3, 0.4) is 0 Å². The molecule has 0 aromatic heterocycles. The highest BCUT2D eigenvalue weighted by Crippen LogP contribution is 2.55. The normalized spacial score (nSPS) is 24.4. The molecular formula is C20H18N2O2. The number of hydrogen-bond acceptors (Lipinski definition) is 4. The highest BCUT2D eigenvalue weighted by atomic mass is 16.3. The zero-order valence-electron chi connectivity index (χ0n) is 13.7. The molecule has 2 aliphatic carbocycles. The minimum Gasteiger partial charge on any atom is -0.512 e. The molecule has 0 aliphatic heterocycles. The van der Waals surface area contributed by atoms with E-state index in [0.717, 1.165) is 5.56 Å². The number of nitrogens with zero attached hydrogens (tertiary/aromatic N) is 2. The molecule has 2 aliphatic rings. The van der Waals surface area contributed by atoms with Gasteiger partial charge in [0, 0.05) is 18.8 Å². The third-order valence-corrected chi connectivity index (χ3v) is 4.89. The summed E-state index contributed by atoms with van der Waals surface area (Å²) >= 11 is 0. The molecule has 1 N–H and O–H groups in total. The Morgan fingerprint density at radius 3 is 2.38 bits per heavy atom. The fourth-order valence-electron chi connectivity index (χ4n) is 3.78. The first-order valence-electron chi connectivity index (χ1n) is 7.91. The van der Waals surface area contributed by atoms with Crippen molar-refractivity contribution >= 4 is 5.78 Å². The van der Waals surface area contributed by atoms with E-state index in [-0.39, 0.29) is 30.0 Å². The molecule has 4 nitrogen and oxygen atoms in total. The first-order chi connectivity index (χ1) is 11.3. The van der Waals surface area contributed by atoms with Gasteiger partial charge in [0.15, 0.2) is 11.2 Å². The predicted octanol–water partition coefficient (Wildman–Crippen LogP) is 3.94. The van der Waals surface area contributed by atoms with Gasteiger partial charge in [0.1, 0.15) is 5.76 Å². The van der Waals surface area contributed by atoms with Crippen molar-refractivity contribution in [2.24, 2.45) is 10.8 Å². The van der Waals surface area contributed by atoms with Crippen LogP contribution in [0.4, 0.5) is 0 Å². The van der Waals surface area contributed by atoms with Crippen molar-refractivity contribution in [2.75, 3.05) is 0 Å². The molecule has 1 aromatic rings. The van der Waals surface area contributed by atoms with Crippen molar-refractivity contribution in [1.82, 2.24) is 0 Å². The molecule has 0 amide bonds. The molecule has 4 heteroatoms. The van der Waals surface area contributed by atoms with Gasteiger partial charge in [0.2, 0.25) is 0 Å². The number of allylic oxidation sites excluding steroid dienone is 4. The molecule has 0 heterocycles. The third kappa shape index (κ3) is 2.23. The molecule has 3 rings (SSSR count). The summed E-state index contributed by atoms with van der Waals surface area (Å²) < 4.78 is 0. The first-order valence-corrected chi connectivity index (χ1v) is 7.91. The van der Waals surface area contributed by atoms with Gasteiger partial charge >= 0.3 is 0 Å². The molecule has 0 bridgehead atoms. The van der Waals surface area contributed by atoms with Crippen molar-refractivity contribution in [3.8, 4) is 12.1 Å². The number of ketones is 1. The summed E-state index contributed by atoms with van der Waals surface area (Å²) in [7, 11) is 0. The van der Waals surface area contributed by atoms with Crippen LogP contribution in [-0.2, 0) is 4.79 Å². The number of aliphatic hydroxyl groups excluding tert-OH is 1. The van der Waals surface area contributed by atoms with E-state index in [9.17, 15) is 20.4 Å². The van der Waals surface area contributed by atoms with Crippen molar-refractivity contribution in [3.63, 3.8) is 0 Å². The first kappa shape index (κ1) is 16.0. The average molecular weight is 318 g/mol. The highest BCUT2D eigenvalue weighted by molar-refractivity contribution is 6.03. The fourth-order valence-corrected chi connectivity index (χ4v) is 3.78. The second kappa shape index (κ2) is 5.35. The number of carbonyl (C=O) groups is 1. The summed E-state index contributed by atoms with van der Waals surface area (Å²) in [5.74, 6) is -0.724. The van der Waals surface area contributed by atoms with E-state index < -0.39 is 16.7 Å². The summed E-state index contributed by atoms with van der Waals surface area (Å²) in [5.41, 5.74) is -0.580. The van der Waals surface area contributed by atoms with Gasteiger partial charge in [-0.1, -0.05) is 50.3 Å². The van der Waals surface area contributed by atoms with Gasteiger partial charge in [-0.25, -0.2) is 0 Å². The zero-order valence-corrected chi connectivity index (χ0v) is 13.7. The quantitative estimate of drug-likeness (QED) is 0.849. The molecule has 1 atom stereocenters. The maximum atomic E-state index is 12.5. The molecule has 1 aromatic carbocycles. The van der Waals surface area contributed by atoms with E-state index in [4.69, 9.17) is 0 Å². The fraction of sp³-hybridized carbons (Fsp3) is 0.350. The van der Waals surface area contributed by atoms with Crippen molar-refractivity contribution < 1.29 is 9.90 Å². The predicted molar refractivity (Wildman–Crippen MR) is 88.6 cm³/mol. The van der Waals surface area contributed by atoms with Crippen molar-refractivity contribution in [2.45, 2.75) is 32.6 Å². The van der Waals surface area contributed by atoms with Crippen molar-refractivity contribution in [3.05, 3.63) is 58.9 Å². The second-order valence-electron chi connectivity index (χ2n) is 7.17. The summed E-state index contributed by atoms with van der Waals surface area (Å²) in [6, 6.07) is 13.6. The Morgan fingerprint density at radius 1 is 1.17 bits per heavy atom. The van der Waals surface area contributed by atoms with E-state index in [1.807, 2.05) is 50.3 Å². The van der Waals surface area contributed by atoms with Crippen LogP contribution in [0.2, 0.25) is 0 Å². The molecule has 1 unspecified atom stereocenters. The monoisotopic (exact) mass is 318 g/mol. The number of fused-ring (bicyclic) bond motifs is 1. The van der Waals surface area contributed by atoms with Gasteiger partial charge in [-0.15, -0.1) is 0 Å². The van der Waals surface area contributed by atoms with Crippen LogP contribution in [0.25, 0.3) is 0 Å². The zero-order chi connectivity index (χ0) is 17.5. The van der Waals surface area contributed by atoms with Gasteiger partial charge in [-0.3, -0.25) is 4.79 Å². The largest absolute Gasteiger partial charge is 0.512 e. The minimum atomic E-state index is -1.48. The summed E-state index contributed by atoms with van der Waals surface area (Å²) in [6.45, 7) is 3.80. The van der Waals surface area contributed by atoms with Crippen LogP contribution < -0.4 is 0 Å². The Bertz CT molecular complexity index is 834. The SMILES string of the molecule is CC1(C)C=C2C(=C(O)CC(c3ccccc3)C2(C#N)C#N)C(=O)C1. The molecule has 0 saturated carbocycles. The Balaban J connectivity index is 2.31. The van der Waals surface area contributed by atoms with Crippen LogP contribution in [0.5, 0.6) is 0 Å². The summed E-state index contributed by atoms with van der Waals surface area (Å²) in [5, 5.41) is 30.4. The van der Waals surface area contributed by atoms with Gasteiger partial charge < -0.3 is 5.11 Å². The third-order valence-electron chi connectivity index (χ3n) is 4.89. The van der Waals surface area contributed by atoms with Gasteiger partial charge in [0.05, 0.1) is 17.7 Å². The van der Waals surface area contributed by atoms with Crippen molar-refractivity contribution in [1.29, 1.82) is 10.5 Å². The highest BCUT2D eigenvalue weighted by Gasteiger charge is 2.53. The number of Topliss-reactive ketones (excluding diaryl/α,β-unsaturated/α-hetero) is 1. The Kier molecular flexibility index (Phi) is 3.57. The minimum absolute atomic E-state index is 0.0169. The van der Waals surface area contributed by atoms with E-state index in [1.54, 1.807) is 0 Å². The van der Waals surface area contributed by atoms with Crippen LogP contribution in [0.1, 0.15) is 38.2 Å². The topological polar surface area (TPSA) is 84.9 Å². The lowest BCUT2D eigenvalue weighted by Gasteiger charge is -2.41. The smallest absolute Gasteiger partial charge is 0.176 e. The number of nitriles is 2. The molecule has 0 radical (unpaired) electrons. The molecule has 24 heavy (non-hydrogen) atoms. The van der Waals surface area contributed by atoms with E-state index in [0.29, 0.717) is 5.57 Å². The van der Waals surface area contributed by atoms with Crippen LogP contribution >= 0.6 is 0 Å². The Labute approximate surface area is 141 Å². The lowest BCUT2D eigenvalue weighted by atomic mass is 9.58. The van der Waals surface area contributed by atoms with Gasteiger partial charge in [-0.2, -0.15) is 10.5 Å². The van der Waals surface area contributed by atoms with Crippen LogP contribution in [0, 0.1) is 33.5 Å². The molecule has 0 spiro atoms. The second-order valence-corrected chi connectivity index (χ2v) is 7.17. The standard InChI is InChI=1S/C20H18N2O2/c1-19(2)9-15-18(17(24)10-19)16(23)8-14(20(15,11-21)12-22)13-6-4-3-5-7-13/h3-7,9,14,23H,8,10H2,1-2H3. The number of hydrogen-bond donors (Lipinski definition) is 1. The lowest BCUT2D eigenvalue weighted by Crippen LogP contribution is -2.39. The van der Waals surface area contributed by atoms with E-state index in [1.165, 1.54) is 0 Å². The molecular weight excluding hydrogens is 300 g/mol. The lowest BCUT2D eigenvalue weighted by molar-refractivity contribution is -0.117. The van der Waals surface area contributed by atoms with Crippen LogP contribution in [-0.4, -0.2) is 10.9 Å². The maximum absolute atomic E-state index is 12.5. The number of aliphatic hydroxyl groups is 1. The number of rotatable bonds is 1. The molecule has 0 saturated heterocycles. The summed E-state index contributed by atoms with van der Waals surface area (Å²) in [6.07, 6.45) is 2.20. The summed E-state index contributed by atoms with van der Waals surface area (Å²) in [4.78, 5) is 12.5. The number of carbonyl (C=O) groups excluding carboxylic acids is 1. The number of benzene rings is 1. The Hall–Kier alpha value is -2.85. The maximum Gasteiger partial charge on any atom is 0.176 e. The average Bonchev–Trinajstić information content (AvgIpc) is 2.54. The van der Waals surface area contributed by atoms with Gasteiger partial charge in [-0.05, 0) is 16.6 Å². The Morgan fingerprint density at radius 2 is 1.79 bits per heavy atom. The molecule has 120 valence electrons. The molecule has 0 fully saturated rings.